The molecule has 1 aliphatic rings. The number of allylic oxidation sites excluding steroid dienone is 1. The van der Waals surface area contributed by atoms with Crippen molar-refractivity contribution in [3.05, 3.63) is 42.5 Å². The number of sulfone groups is 1. The third-order valence-electron chi connectivity index (χ3n) is 3.12. The van der Waals surface area contributed by atoms with Crippen LogP contribution < -0.4 is 0 Å². The maximum atomic E-state index is 12.6. The Bertz CT molecular complexity index is 575. The molecule has 0 aromatic heterocycles. The molecule has 0 spiro atoms. The predicted molar refractivity (Wildman–Crippen MR) is 71.3 cm³/mol. The van der Waals surface area contributed by atoms with Crippen LogP contribution in [0.1, 0.15) is 19.8 Å². The largest absolute Gasteiger partial charge is 0.457 e. The molecule has 2 rings (SSSR count). The Morgan fingerprint density at radius 1 is 1.26 bits per heavy atom. The standard InChI is InChI=1S/C14H16O4S/c1-2-6-12-13(9-10-14(15)18-12)19(16,17)11-7-4-3-5-8-11/h2-8,12-13H,9-10H2,1H3/b6-2+. The van der Waals surface area contributed by atoms with Crippen LogP contribution in [0.4, 0.5) is 0 Å². The summed E-state index contributed by atoms with van der Waals surface area (Å²) >= 11 is 0. The number of benzene rings is 1. The van der Waals surface area contributed by atoms with Gasteiger partial charge in [-0.25, -0.2) is 8.42 Å². The number of carbonyl (C=O) groups is 1. The maximum absolute atomic E-state index is 12.6. The maximum Gasteiger partial charge on any atom is 0.306 e. The highest BCUT2D eigenvalue weighted by atomic mass is 32.2. The van der Waals surface area contributed by atoms with E-state index in [1.165, 1.54) is 0 Å². The number of cyclic esters (lactones) is 1. The van der Waals surface area contributed by atoms with Crippen molar-refractivity contribution in [2.24, 2.45) is 0 Å². The Morgan fingerprint density at radius 3 is 2.58 bits per heavy atom. The van der Waals surface area contributed by atoms with Gasteiger partial charge in [-0.3, -0.25) is 4.79 Å². The summed E-state index contributed by atoms with van der Waals surface area (Å²) in [5.41, 5.74) is 0. The lowest BCUT2D eigenvalue weighted by Crippen LogP contribution is -2.40. The van der Waals surface area contributed by atoms with Crippen molar-refractivity contribution in [1.29, 1.82) is 0 Å². The molecule has 5 heteroatoms. The van der Waals surface area contributed by atoms with Gasteiger partial charge in [-0.15, -0.1) is 0 Å². The molecule has 0 bridgehead atoms. The Hall–Kier alpha value is -1.62. The first-order valence-corrected chi connectivity index (χ1v) is 7.71. The molecular formula is C14H16O4S. The van der Waals surface area contributed by atoms with Gasteiger partial charge in [-0.2, -0.15) is 0 Å². The highest BCUT2D eigenvalue weighted by Crippen LogP contribution is 2.28. The van der Waals surface area contributed by atoms with E-state index < -0.39 is 21.2 Å². The number of hydrogen-bond donors (Lipinski definition) is 0. The fraction of sp³-hybridized carbons (Fsp3) is 0.357. The lowest BCUT2D eigenvalue weighted by atomic mass is 10.1. The second kappa shape index (κ2) is 5.57. The lowest BCUT2D eigenvalue weighted by Gasteiger charge is -2.28. The number of ether oxygens (including phenoxy) is 1. The van der Waals surface area contributed by atoms with Crippen LogP contribution in [0.15, 0.2) is 47.4 Å². The van der Waals surface area contributed by atoms with Gasteiger partial charge in [0, 0.05) is 6.42 Å². The van der Waals surface area contributed by atoms with Gasteiger partial charge in [0.15, 0.2) is 9.84 Å². The van der Waals surface area contributed by atoms with Crippen LogP contribution in [0.5, 0.6) is 0 Å². The summed E-state index contributed by atoms with van der Waals surface area (Å²) in [6.45, 7) is 1.77. The fourth-order valence-electron chi connectivity index (χ4n) is 2.18. The van der Waals surface area contributed by atoms with Gasteiger partial charge >= 0.3 is 5.97 Å². The molecule has 1 aromatic rings. The first-order chi connectivity index (χ1) is 9.05. The minimum absolute atomic E-state index is 0.144. The van der Waals surface area contributed by atoms with E-state index >= 15 is 0 Å². The molecule has 102 valence electrons. The molecule has 1 heterocycles. The molecule has 0 amide bonds. The van der Waals surface area contributed by atoms with Crippen molar-refractivity contribution in [2.75, 3.05) is 0 Å². The zero-order valence-corrected chi connectivity index (χ0v) is 11.5. The topological polar surface area (TPSA) is 60.4 Å². The summed E-state index contributed by atoms with van der Waals surface area (Å²) in [7, 11) is -3.49. The summed E-state index contributed by atoms with van der Waals surface area (Å²) in [5.74, 6) is -0.345. The normalized spacial score (nSPS) is 24.4. The smallest absolute Gasteiger partial charge is 0.306 e. The van der Waals surface area contributed by atoms with Crippen LogP contribution in [-0.2, 0) is 19.4 Å². The Balaban J connectivity index is 2.36. The molecule has 1 saturated heterocycles. The Labute approximate surface area is 113 Å². The number of rotatable bonds is 3. The van der Waals surface area contributed by atoms with Gasteiger partial charge in [0.25, 0.3) is 0 Å². The van der Waals surface area contributed by atoms with E-state index in [4.69, 9.17) is 4.74 Å². The van der Waals surface area contributed by atoms with E-state index in [2.05, 4.69) is 0 Å². The van der Waals surface area contributed by atoms with E-state index in [0.717, 1.165) is 0 Å². The summed E-state index contributed by atoms with van der Waals surface area (Å²) in [6, 6.07) is 8.28. The summed E-state index contributed by atoms with van der Waals surface area (Å²) in [5, 5.41) is -0.705. The van der Waals surface area contributed by atoms with Crippen LogP contribution in [0.3, 0.4) is 0 Å². The zero-order valence-electron chi connectivity index (χ0n) is 10.7. The lowest BCUT2D eigenvalue weighted by molar-refractivity contribution is -0.150. The molecule has 1 fully saturated rings. The van der Waals surface area contributed by atoms with Gasteiger partial charge in [-0.1, -0.05) is 24.3 Å². The second-order valence-electron chi connectivity index (χ2n) is 4.42. The van der Waals surface area contributed by atoms with Crippen LogP contribution in [-0.4, -0.2) is 25.7 Å². The van der Waals surface area contributed by atoms with Crippen LogP contribution in [0.25, 0.3) is 0 Å². The molecule has 2 unspecified atom stereocenters. The first kappa shape index (κ1) is 13.8. The van der Waals surface area contributed by atoms with Crippen molar-refractivity contribution in [1.82, 2.24) is 0 Å². The average molecular weight is 280 g/mol. The van der Waals surface area contributed by atoms with Gasteiger partial charge in [0.2, 0.25) is 0 Å². The summed E-state index contributed by atoms with van der Waals surface area (Å²) in [4.78, 5) is 11.6. The average Bonchev–Trinajstić information content (AvgIpc) is 2.40. The number of esters is 1. The van der Waals surface area contributed by atoms with E-state index in [-0.39, 0.29) is 17.3 Å². The first-order valence-electron chi connectivity index (χ1n) is 6.17. The van der Waals surface area contributed by atoms with Crippen LogP contribution >= 0.6 is 0 Å². The van der Waals surface area contributed by atoms with Crippen molar-refractivity contribution in [2.45, 2.75) is 36.0 Å². The Morgan fingerprint density at radius 2 is 1.95 bits per heavy atom. The highest BCUT2D eigenvalue weighted by Gasteiger charge is 2.39. The van der Waals surface area contributed by atoms with E-state index in [1.54, 1.807) is 49.4 Å². The van der Waals surface area contributed by atoms with Crippen molar-refractivity contribution < 1.29 is 17.9 Å². The number of hydrogen-bond acceptors (Lipinski definition) is 4. The van der Waals surface area contributed by atoms with Crippen LogP contribution in [0, 0.1) is 0 Å². The molecule has 1 aromatic carbocycles. The molecule has 0 radical (unpaired) electrons. The van der Waals surface area contributed by atoms with Crippen LogP contribution in [0.2, 0.25) is 0 Å². The monoisotopic (exact) mass is 280 g/mol. The number of carbonyl (C=O) groups excluding carboxylic acids is 1. The molecule has 1 aliphatic heterocycles. The molecule has 0 aliphatic carbocycles. The third-order valence-corrected chi connectivity index (χ3v) is 5.35. The fourth-order valence-corrected chi connectivity index (χ4v) is 3.99. The van der Waals surface area contributed by atoms with E-state index in [9.17, 15) is 13.2 Å². The second-order valence-corrected chi connectivity index (χ2v) is 6.58. The van der Waals surface area contributed by atoms with Gasteiger partial charge in [0.05, 0.1) is 4.90 Å². The van der Waals surface area contributed by atoms with Crippen molar-refractivity contribution in [3.8, 4) is 0 Å². The molecule has 19 heavy (non-hydrogen) atoms. The predicted octanol–water partition coefficient (Wildman–Crippen LogP) is 2.11. The minimum Gasteiger partial charge on any atom is -0.457 e. The molecule has 2 atom stereocenters. The van der Waals surface area contributed by atoms with Crippen molar-refractivity contribution in [3.63, 3.8) is 0 Å². The quantitative estimate of drug-likeness (QED) is 0.628. The third kappa shape index (κ3) is 2.87. The minimum atomic E-state index is -3.49. The molecule has 4 nitrogen and oxygen atoms in total. The summed E-state index contributed by atoms with van der Waals surface area (Å²) in [6.07, 6.45) is 3.07. The SMILES string of the molecule is C/C=C/C1OC(=O)CCC1S(=O)(=O)c1ccccc1. The van der Waals surface area contributed by atoms with E-state index in [0.29, 0.717) is 6.42 Å². The van der Waals surface area contributed by atoms with Gasteiger partial charge < -0.3 is 4.74 Å². The zero-order chi connectivity index (χ0) is 13.9. The Kier molecular flexibility index (Phi) is 4.04. The highest BCUT2D eigenvalue weighted by molar-refractivity contribution is 7.92. The molecular weight excluding hydrogens is 264 g/mol. The summed E-state index contributed by atoms with van der Waals surface area (Å²) < 4.78 is 30.3. The molecule has 0 N–H and O–H groups in total. The van der Waals surface area contributed by atoms with E-state index in [1.807, 2.05) is 0 Å². The molecule has 0 saturated carbocycles. The van der Waals surface area contributed by atoms with Gasteiger partial charge in [0.1, 0.15) is 11.4 Å². The van der Waals surface area contributed by atoms with Gasteiger partial charge in [-0.05, 0) is 31.6 Å². The van der Waals surface area contributed by atoms with Crippen molar-refractivity contribution >= 4 is 15.8 Å².